The highest BCUT2D eigenvalue weighted by Gasteiger charge is 2.28. The van der Waals surface area contributed by atoms with E-state index in [-0.39, 0.29) is 23.6 Å². The van der Waals surface area contributed by atoms with Crippen molar-refractivity contribution in [2.75, 3.05) is 5.32 Å². The Balaban J connectivity index is 2.05. The molecule has 1 aliphatic rings. The minimum atomic E-state index is -0.427. The van der Waals surface area contributed by atoms with E-state index in [1.54, 1.807) is 12.1 Å². The molecule has 1 fully saturated rings. The predicted octanol–water partition coefficient (Wildman–Crippen LogP) is 2.65. The van der Waals surface area contributed by atoms with Gasteiger partial charge in [-0.2, -0.15) is 0 Å². The van der Waals surface area contributed by atoms with Crippen LogP contribution in [0.15, 0.2) is 22.7 Å². The summed E-state index contributed by atoms with van der Waals surface area (Å²) in [4.78, 5) is 11.9. The summed E-state index contributed by atoms with van der Waals surface area (Å²) < 4.78 is 14.2. The van der Waals surface area contributed by atoms with Crippen LogP contribution in [0.25, 0.3) is 0 Å². The third-order valence-corrected chi connectivity index (χ3v) is 3.52. The lowest BCUT2D eigenvalue weighted by Gasteiger charge is -2.11. The number of nitrogens with one attached hydrogen (secondary N) is 1. The fourth-order valence-corrected chi connectivity index (χ4v) is 2.44. The van der Waals surface area contributed by atoms with E-state index in [2.05, 4.69) is 21.2 Å². The van der Waals surface area contributed by atoms with Crippen LogP contribution in [0.1, 0.15) is 19.3 Å². The van der Waals surface area contributed by atoms with Crippen molar-refractivity contribution in [1.82, 2.24) is 0 Å². The number of nitrogens with two attached hydrogens (primary N) is 1. The number of hydrogen-bond acceptors (Lipinski definition) is 2. The van der Waals surface area contributed by atoms with Gasteiger partial charge in [0.05, 0.1) is 5.69 Å². The minimum absolute atomic E-state index is 0.0941. The van der Waals surface area contributed by atoms with Gasteiger partial charge in [0.25, 0.3) is 0 Å². The highest BCUT2D eigenvalue weighted by molar-refractivity contribution is 9.10. The van der Waals surface area contributed by atoms with Crippen LogP contribution in [0.5, 0.6) is 0 Å². The van der Waals surface area contributed by atoms with Gasteiger partial charge in [-0.05, 0) is 37.5 Å². The van der Waals surface area contributed by atoms with E-state index >= 15 is 0 Å². The molecule has 0 bridgehead atoms. The average Bonchev–Trinajstić information content (AvgIpc) is 2.70. The van der Waals surface area contributed by atoms with Crippen molar-refractivity contribution >= 4 is 27.5 Å². The molecule has 3 N–H and O–H groups in total. The van der Waals surface area contributed by atoms with Crippen molar-refractivity contribution in [3.05, 3.63) is 28.5 Å². The van der Waals surface area contributed by atoms with Gasteiger partial charge in [-0.15, -0.1) is 0 Å². The third kappa shape index (κ3) is 3.04. The van der Waals surface area contributed by atoms with E-state index in [1.165, 1.54) is 6.07 Å². The van der Waals surface area contributed by atoms with Gasteiger partial charge in [0, 0.05) is 16.4 Å². The average molecular weight is 301 g/mol. The molecular weight excluding hydrogens is 287 g/mol. The van der Waals surface area contributed by atoms with E-state index in [9.17, 15) is 9.18 Å². The number of halogens is 2. The number of benzene rings is 1. The number of amides is 1. The smallest absolute Gasteiger partial charge is 0.227 e. The summed E-state index contributed by atoms with van der Waals surface area (Å²) in [5.41, 5.74) is 5.96. The molecule has 1 aliphatic carbocycles. The van der Waals surface area contributed by atoms with Crippen LogP contribution in [0, 0.1) is 11.7 Å². The zero-order valence-corrected chi connectivity index (χ0v) is 10.8. The molecule has 2 atom stereocenters. The molecule has 1 aromatic rings. The topological polar surface area (TPSA) is 55.1 Å². The van der Waals surface area contributed by atoms with E-state index < -0.39 is 5.82 Å². The normalized spacial score (nSPS) is 23.7. The maximum atomic E-state index is 13.4. The molecule has 92 valence electrons. The summed E-state index contributed by atoms with van der Waals surface area (Å²) >= 11 is 3.24. The second-order valence-corrected chi connectivity index (χ2v) is 5.30. The number of hydrogen-bond donors (Lipinski definition) is 2. The highest BCUT2D eigenvalue weighted by Crippen LogP contribution is 2.27. The van der Waals surface area contributed by atoms with Gasteiger partial charge in [0.15, 0.2) is 0 Å². The van der Waals surface area contributed by atoms with Crippen LogP contribution < -0.4 is 11.1 Å². The molecule has 3 nitrogen and oxygen atoms in total. The Kier molecular flexibility index (Phi) is 3.79. The molecule has 0 aromatic heterocycles. The van der Waals surface area contributed by atoms with E-state index in [1.807, 2.05) is 0 Å². The van der Waals surface area contributed by atoms with Gasteiger partial charge in [-0.25, -0.2) is 4.39 Å². The summed E-state index contributed by atoms with van der Waals surface area (Å²) in [5.74, 6) is -0.665. The SMILES string of the molecule is NC1CCC(C(=O)Nc2cc(Br)ccc2F)C1. The lowest BCUT2D eigenvalue weighted by molar-refractivity contribution is -0.119. The van der Waals surface area contributed by atoms with Gasteiger partial charge < -0.3 is 11.1 Å². The summed E-state index contributed by atoms with van der Waals surface area (Å²) in [5, 5.41) is 2.61. The molecule has 1 amide bonds. The first kappa shape index (κ1) is 12.5. The molecule has 0 spiro atoms. The molecule has 0 saturated heterocycles. The number of carbonyl (C=O) groups excluding carboxylic acids is 1. The van der Waals surface area contributed by atoms with Gasteiger partial charge in [-0.1, -0.05) is 15.9 Å². The molecule has 2 unspecified atom stereocenters. The molecule has 2 rings (SSSR count). The van der Waals surface area contributed by atoms with E-state index in [4.69, 9.17) is 5.73 Å². The molecule has 1 aromatic carbocycles. The zero-order valence-electron chi connectivity index (χ0n) is 9.25. The van der Waals surface area contributed by atoms with Crippen LogP contribution in [-0.4, -0.2) is 11.9 Å². The molecule has 17 heavy (non-hydrogen) atoms. The van der Waals surface area contributed by atoms with Crippen molar-refractivity contribution in [3.8, 4) is 0 Å². The van der Waals surface area contributed by atoms with Crippen molar-refractivity contribution in [1.29, 1.82) is 0 Å². The summed E-state index contributed by atoms with van der Waals surface area (Å²) in [7, 11) is 0. The van der Waals surface area contributed by atoms with Crippen molar-refractivity contribution in [3.63, 3.8) is 0 Å². The maximum absolute atomic E-state index is 13.4. The molecule has 1 saturated carbocycles. The van der Waals surface area contributed by atoms with Crippen molar-refractivity contribution in [2.45, 2.75) is 25.3 Å². The molecule has 0 heterocycles. The number of rotatable bonds is 2. The summed E-state index contributed by atoms with van der Waals surface area (Å²) in [6.45, 7) is 0. The van der Waals surface area contributed by atoms with Crippen LogP contribution in [0.3, 0.4) is 0 Å². The van der Waals surface area contributed by atoms with Crippen LogP contribution in [0.4, 0.5) is 10.1 Å². The largest absolute Gasteiger partial charge is 0.328 e. The van der Waals surface area contributed by atoms with Crippen LogP contribution in [0.2, 0.25) is 0 Å². The quantitative estimate of drug-likeness (QED) is 0.882. The van der Waals surface area contributed by atoms with Gasteiger partial charge in [-0.3, -0.25) is 4.79 Å². The molecule has 0 radical (unpaired) electrons. The van der Waals surface area contributed by atoms with Gasteiger partial charge >= 0.3 is 0 Å². The lowest BCUT2D eigenvalue weighted by atomic mass is 10.1. The Morgan fingerprint density at radius 2 is 2.24 bits per heavy atom. The minimum Gasteiger partial charge on any atom is -0.328 e. The van der Waals surface area contributed by atoms with E-state index in [0.717, 1.165) is 17.3 Å². The Labute approximate surface area is 108 Å². The second kappa shape index (κ2) is 5.14. The second-order valence-electron chi connectivity index (χ2n) is 4.38. The standard InChI is InChI=1S/C12H14BrFN2O/c13-8-2-4-10(14)11(6-8)16-12(17)7-1-3-9(15)5-7/h2,4,6-7,9H,1,3,5,15H2,(H,16,17). The fraction of sp³-hybridized carbons (Fsp3) is 0.417. The van der Waals surface area contributed by atoms with Gasteiger partial charge in [0.1, 0.15) is 5.82 Å². The Morgan fingerprint density at radius 1 is 1.47 bits per heavy atom. The predicted molar refractivity (Wildman–Crippen MR) is 68.0 cm³/mol. The van der Waals surface area contributed by atoms with Crippen molar-refractivity contribution < 1.29 is 9.18 Å². The molecule has 5 heteroatoms. The zero-order chi connectivity index (χ0) is 12.4. The summed E-state index contributed by atoms with van der Waals surface area (Å²) in [6, 6.07) is 4.57. The number of anilines is 1. The summed E-state index contributed by atoms with van der Waals surface area (Å²) in [6.07, 6.45) is 2.32. The monoisotopic (exact) mass is 300 g/mol. The molecule has 0 aliphatic heterocycles. The maximum Gasteiger partial charge on any atom is 0.227 e. The fourth-order valence-electron chi connectivity index (χ4n) is 2.08. The lowest BCUT2D eigenvalue weighted by Crippen LogP contribution is -2.23. The first-order chi connectivity index (χ1) is 8.06. The van der Waals surface area contributed by atoms with Gasteiger partial charge in [0.2, 0.25) is 5.91 Å². The Bertz CT molecular complexity index is 439. The molecular formula is C12H14BrFN2O. The Hall–Kier alpha value is -0.940. The Morgan fingerprint density at radius 3 is 2.88 bits per heavy atom. The third-order valence-electron chi connectivity index (χ3n) is 3.03. The number of carbonyl (C=O) groups is 1. The highest BCUT2D eigenvalue weighted by atomic mass is 79.9. The first-order valence-corrected chi connectivity index (χ1v) is 6.37. The first-order valence-electron chi connectivity index (χ1n) is 5.58. The van der Waals surface area contributed by atoms with E-state index in [0.29, 0.717) is 6.42 Å². The van der Waals surface area contributed by atoms with Crippen LogP contribution >= 0.6 is 15.9 Å². The van der Waals surface area contributed by atoms with Crippen molar-refractivity contribution in [2.24, 2.45) is 11.7 Å². The van der Waals surface area contributed by atoms with Crippen LogP contribution in [-0.2, 0) is 4.79 Å².